The van der Waals surface area contributed by atoms with Crippen LogP contribution >= 0.6 is 0 Å². The SMILES string of the molecule is C=CC(=O)Nc1cccc(-c2c(F)ccc3cnc(Nc4ccc(N5CCO[C@H](CO)C5)nc4)nc23)c1. The Bertz CT molecular complexity index is 1450. The predicted molar refractivity (Wildman–Crippen MR) is 140 cm³/mol. The molecule has 3 heterocycles. The zero-order chi connectivity index (χ0) is 25.8. The van der Waals surface area contributed by atoms with Crippen molar-refractivity contribution in [3.63, 3.8) is 0 Å². The van der Waals surface area contributed by atoms with Crippen LogP contribution in [0.5, 0.6) is 0 Å². The Labute approximate surface area is 212 Å². The number of aliphatic hydroxyl groups is 1. The monoisotopic (exact) mass is 500 g/mol. The molecule has 37 heavy (non-hydrogen) atoms. The predicted octanol–water partition coefficient (Wildman–Crippen LogP) is 3.90. The minimum Gasteiger partial charge on any atom is -0.394 e. The molecule has 188 valence electrons. The number of amides is 1. The molecule has 9 nitrogen and oxygen atoms in total. The van der Waals surface area contributed by atoms with Crippen LogP contribution in [0.1, 0.15) is 0 Å². The normalized spacial score (nSPS) is 15.4. The van der Waals surface area contributed by atoms with Crippen LogP contribution in [0, 0.1) is 5.82 Å². The van der Waals surface area contributed by atoms with Crippen LogP contribution in [0.15, 0.2) is 73.6 Å². The number of rotatable bonds is 7. The molecule has 1 fully saturated rings. The number of halogens is 1. The number of ether oxygens (including phenoxy) is 1. The van der Waals surface area contributed by atoms with Gasteiger partial charge in [0.1, 0.15) is 11.6 Å². The molecule has 0 radical (unpaired) electrons. The summed E-state index contributed by atoms with van der Waals surface area (Å²) >= 11 is 0. The molecular weight excluding hydrogens is 475 g/mol. The second-order valence-corrected chi connectivity index (χ2v) is 8.48. The number of hydrogen-bond acceptors (Lipinski definition) is 8. The number of anilines is 4. The number of fused-ring (bicyclic) bond motifs is 1. The highest BCUT2D eigenvalue weighted by atomic mass is 19.1. The molecule has 0 aliphatic carbocycles. The highest BCUT2D eigenvalue weighted by Gasteiger charge is 2.21. The Morgan fingerprint density at radius 1 is 1.19 bits per heavy atom. The molecule has 2 aromatic heterocycles. The first-order chi connectivity index (χ1) is 18.0. The molecule has 4 aromatic rings. The van der Waals surface area contributed by atoms with Crippen LogP contribution in [-0.2, 0) is 9.53 Å². The molecule has 3 N–H and O–H groups in total. The average molecular weight is 501 g/mol. The molecule has 0 unspecified atom stereocenters. The largest absolute Gasteiger partial charge is 0.394 e. The van der Waals surface area contributed by atoms with Crippen molar-refractivity contribution in [1.29, 1.82) is 0 Å². The van der Waals surface area contributed by atoms with Gasteiger partial charge in [0.25, 0.3) is 0 Å². The minimum atomic E-state index is -0.443. The number of nitrogens with zero attached hydrogens (tertiary/aromatic N) is 4. The van der Waals surface area contributed by atoms with E-state index in [0.717, 1.165) is 5.82 Å². The lowest BCUT2D eigenvalue weighted by atomic mass is 10.0. The summed E-state index contributed by atoms with van der Waals surface area (Å²) in [5.74, 6) is 0.268. The third-order valence-electron chi connectivity index (χ3n) is 5.98. The molecule has 1 aliphatic heterocycles. The number of hydrogen-bond donors (Lipinski definition) is 3. The first-order valence-electron chi connectivity index (χ1n) is 11.7. The molecule has 0 saturated carbocycles. The lowest BCUT2D eigenvalue weighted by molar-refractivity contribution is -0.111. The minimum absolute atomic E-state index is 0.0359. The quantitative estimate of drug-likeness (QED) is 0.328. The van der Waals surface area contributed by atoms with Gasteiger partial charge in [-0.1, -0.05) is 18.7 Å². The molecule has 10 heteroatoms. The van der Waals surface area contributed by atoms with Gasteiger partial charge in [0.2, 0.25) is 11.9 Å². The number of aliphatic hydroxyl groups excluding tert-OH is 1. The van der Waals surface area contributed by atoms with E-state index in [9.17, 15) is 9.90 Å². The van der Waals surface area contributed by atoms with Gasteiger partial charge in [-0.2, -0.15) is 0 Å². The molecule has 1 amide bonds. The summed E-state index contributed by atoms with van der Waals surface area (Å²) in [7, 11) is 0. The Hall–Kier alpha value is -4.41. The van der Waals surface area contributed by atoms with E-state index >= 15 is 4.39 Å². The first-order valence-corrected chi connectivity index (χ1v) is 11.7. The molecule has 1 atom stereocenters. The molecule has 0 bridgehead atoms. The van der Waals surface area contributed by atoms with Crippen molar-refractivity contribution >= 4 is 40.0 Å². The third kappa shape index (κ3) is 5.40. The van der Waals surface area contributed by atoms with E-state index in [-0.39, 0.29) is 24.6 Å². The molecular formula is C27H25FN6O3. The van der Waals surface area contributed by atoms with Gasteiger partial charge in [-0.3, -0.25) is 4.79 Å². The standard InChI is InChI=1S/C27H25FN6O3/c1-2-24(36)31-19-5-3-4-17(12-19)25-22(28)8-6-18-13-30-27(33-26(18)25)32-20-7-9-23(29-14-20)34-10-11-37-21(15-34)16-35/h2-9,12-14,21,35H,1,10-11,15-16H2,(H,31,36)(H,30,32,33)/t21-/m0/s1. The van der Waals surface area contributed by atoms with E-state index in [2.05, 4.69) is 37.1 Å². The number of carbonyl (C=O) groups is 1. The zero-order valence-corrected chi connectivity index (χ0v) is 19.9. The second-order valence-electron chi connectivity index (χ2n) is 8.48. The molecule has 1 aliphatic rings. The van der Waals surface area contributed by atoms with Crippen LogP contribution < -0.4 is 15.5 Å². The molecule has 5 rings (SSSR count). The first kappa shape index (κ1) is 24.3. The summed E-state index contributed by atoms with van der Waals surface area (Å²) in [6, 6.07) is 13.6. The van der Waals surface area contributed by atoms with E-state index in [1.165, 1.54) is 12.1 Å². The topological polar surface area (TPSA) is 113 Å². The Balaban J connectivity index is 1.42. The van der Waals surface area contributed by atoms with Crippen LogP contribution in [0.2, 0.25) is 0 Å². The number of carbonyl (C=O) groups excluding carboxylic acids is 1. The van der Waals surface area contributed by atoms with Crippen molar-refractivity contribution in [3.05, 3.63) is 79.4 Å². The van der Waals surface area contributed by atoms with Crippen molar-refractivity contribution in [2.75, 3.05) is 41.8 Å². The van der Waals surface area contributed by atoms with Crippen molar-refractivity contribution < 1.29 is 19.0 Å². The van der Waals surface area contributed by atoms with Crippen molar-refractivity contribution in [2.24, 2.45) is 0 Å². The van der Waals surface area contributed by atoms with E-state index in [1.807, 2.05) is 12.1 Å². The lowest BCUT2D eigenvalue weighted by Crippen LogP contribution is -2.44. The number of nitrogens with one attached hydrogen (secondary N) is 2. The maximum atomic E-state index is 15.1. The van der Waals surface area contributed by atoms with Gasteiger partial charge in [0, 0.05) is 35.9 Å². The van der Waals surface area contributed by atoms with Crippen LogP contribution in [0.3, 0.4) is 0 Å². The van der Waals surface area contributed by atoms with E-state index in [0.29, 0.717) is 53.1 Å². The summed E-state index contributed by atoms with van der Waals surface area (Å²) in [5, 5.41) is 15.9. The summed E-state index contributed by atoms with van der Waals surface area (Å²) < 4.78 is 20.6. The number of aromatic nitrogens is 3. The van der Waals surface area contributed by atoms with Gasteiger partial charge in [-0.05, 0) is 48.0 Å². The number of morpholine rings is 1. The fraction of sp³-hybridized carbons (Fsp3) is 0.185. The number of pyridine rings is 1. The van der Waals surface area contributed by atoms with Crippen molar-refractivity contribution in [1.82, 2.24) is 15.0 Å². The van der Waals surface area contributed by atoms with E-state index in [1.54, 1.807) is 42.7 Å². The summed E-state index contributed by atoms with van der Waals surface area (Å²) in [6.07, 6.45) is 4.24. The molecule has 0 spiro atoms. The summed E-state index contributed by atoms with van der Waals surface area (Å²) in [4.78, 5) is 27.3. The van der Waals surface area contributed by atoms with Crippen LogP contribution in [-0.4, -0.2) is 58.4 Å². The van der Waals surface area contributed by atoms with E-state index < -0.39 is 5.82 Å². The highest BCUT2D eigenvalue weighted by Crippen LogP contribution is 2.32. The fourth-order valence-corrected chi connectivity index (χ4v) is 4.17. The highest BCUT2D eigenvalue weighted by molar-refractivity contribution is 6.00. The smallest absolute Gasteiger partial charge is 0.247 e. The second kappa shape index (κ2) is 10.7. The molecule has 2 aromatic carbocycles. The van der Waals surface area contributed by atoms with Gasteiger partial charge >= 0.3 is 0 Å². The Morgan fingerprint density at radius 2 is 2.08 bits per heavy atom. The van der Waals surface area contributed by atoms with Gasteiger partial charge in [0.05, 0.1) is 36.7 Å². The summed E-state index contributed by atoms with van der Waals surface area (Å²) in [5.41, 5.74) is 2.48. The molecule has 1 saturated heterocycles. The van der Waals surface area contributed by atoms with Gasteiger partial charge in [-0.15, -0.1) is 0 Å². The Kier molecular flexibility index (Phi) is 7.02. The summed E-state index contributed by atoms with van der Waals surface area (Å²) in [6.45, 7) is 5.20. The van der Waals surface area contributed by atoms with Gasteiger partial charge in [0.15, 0.2) is 0 Å². The van der Waals surface area contributed by atoms with E-state index in [4.69, 9.17) is 4.74 Å². The number of benzene rings is 2. The van der Waals surface area contributed by atoms with Crippen LogP contribution in [0.4, 0.5) is 27.5 Å². The van der Waals surface area contributed by atoms with Gasteiger partial charge < -0.3 is 25.4 Å². The van der Waals surface area contributed by atoms with Crippen molar-refractivity contribution in [3.8, 4) is 11.1 Å². The fourth-order valence-electron chi connectivity index (χ4n) is 4.17. The zero-order valence-electron chi connectivity index (χ0n) is 19.9. The maximum Gasteiger partial charge on any atom is 0.247 e. The van der Waals surface area contributed by atoms with Crippen LogP contribution in [0.25, 0.3) is 22.0 Å². The maximum absolute atomic E-state index is 15.1. The lowest BCUT2D eigenvalue weighted by Gasteiger charge is -2.32. The van der Waals surface area contributed by atoms with Crippen molar-refractivity contribution in [2.45, 2.75) is 6.10 Å². The Morgan fingerprint density at radius 3 is 2.86 bits per heavy atom. The third-order valence-corrected chi connectivity index (χ3v) is 5.98. The van der Waals surface area contributed by atoms with Gasteiger partial charge in [-0.25, -0.2) is 19.3 Å². The average Bonchev–Trinajstić information content (AvgIpc) is 2.93.